The summed E-state index contributed by atoms with van der Waals surface area (Å²) < 4.78 is 36.8. The Morgan fingerprint density at radius 1 is 0.781 bits per heavy atom. The van der Waals surface area contributed by atoms with E-state index in [1.54, 1.807) is 24.3 Å². The molecule has 4 nitrogen and oxygen atoms in total. The third-order valence-corrected chi connectivity index (χ3v) is 7.06. The number of ether oxygens (including phenoxy) is 1. The van der Waals surface area contributed by atoms with Crippen LogP contribution in [0.5, 0.6) is 0 Å². The van der Waals surface area contributed by atoms with Crippen LogP contribution in [0.15, 0.2) is 71.6 Å². The largest absolute Gasteiger partial charge is 0.372 e. The molecule has 5 heteroatoms. The molecule has 3 aromatic rings. The first-order valence-electron chi connectivity index (χ1n) is 10.8. The van der Waals surface area contributed by atoms with Crippen molar-refractivity contribution in [3.8, 4) is 0 Å². The third kappa shape index (κ3) is 5.85. The van der Waals surface area contributed by atoms with Crippen molar-refractivity contribution in [2.45, 2.75) is 58.1 Å². The predicted octanol–water partition coefficient (Wildman–Crippen LogP) is 6.01. The first-order chi connectivity index (χ1) is 15.1. The Morgan fingerprint density at radius 2 is 1.41 bits per heavy atom. The van der Waals surface area contributed by atoms with Gasteiger partial charge in [0, 0.05) is 5.41 Å². The molecule has 0 saturated heterocycles. The lowest BCUT2D eigenvalue weighted by molar-refractivity contribution is 0.104. The molecule has 32 heavy (non-hydrogen) atoms. The van der Waals surface area contributed by atoms with E-state index in [1.807, 2.05) is 45.0 Å². The fourth-order valence-electron chi connectivity index (χ4n) is 3.72. The monoisotopic (exact) mass is 452 g/mol. The summed E-state index contributed by atoms with van der Waals surface area (Å²) in [6.45, 7) is 11.1. The quantitative estimate of drug-likeness (QED) is 0.373. The van der Waals surface area contributed by atoms with E-state index in [-0.39, 0.29) is 11.5 Å². The molecule has 3 rings (SSSR count). The molecule has 170 valence electrons. The van der Waals surface area contributed by atoms with Gasteiger partial charge < -0.3 is 4.74 Å². The lowest BCUT2D eigenvalue weighted by Crippen LogP contribution is -2.28. The van der Waals surface area contributed by atoms with Crippen molar-refractivity contribution >= 4 is 10.1 Å². The van der Waals surface area contributed by atoms with Gasteiger partial charge in [0.25, 0.3) is 10.1 Å². The van der Waals surface area contributed by atoms with Crippen molar-refractivity contribution in [1.29, 1.82) is 0 Å². The van der Waals surface area contributed by atoms with Gasteiger partial charge in [0.1, 0.15) is 0 Å². The van der Waals surface area contributed by atoms with Crippen LogP contribution in [0.2, 0.25) is 0 Å². The molecule has 0 aliphatic heterocycles. The van der Waals surface area contributed by atoms with E-state index in [0.29, 0.717) is 13.2 Å². The van der Waals surface area contributed by atoms with Crippen LogP contribution in [0.1, 0.15) is 47.2 Å². The Bertz CT molecular complexity index is 1140. The van der Waals surface area contributed by atoms with Gasteiger partial charge in [-0.1, -0.05) is 74.0 Å². The molecule has 0 spiro atoms. The number of rotatable bonds is 9. The van der Waals surface area contributed by atoms with Crippen molar-refractivity contribution in [2.75, 3.05) is 6.61 Å². The van der Waals surface area contributed by atoms with Crippen molar-refractivity contribution in [3.63, 3.8) is 0 Å². The highest BCUT2D eigenvalue weighted by molar-refractivity contribution is 7.86. The highest BCUT2D eigenvalue weighted by Crippen LogP contribution is 2.29. The minimum Gasteiger partial charge on any atom is -0.372 e. The molecule has 0 amide bonds. The summed E-state index contributed by atoms with van der Waals surface area (Å²) in [5, 5.41) is 0. The fourth-order valence-corrected chi connectivity index (χ4v) is 4.78. The van der Waals surface area contributed by atoms with Crippen LogP contribution >= 0.6 is 0 Å². The molecule has 0 aliphatic rings. The molecule has 3 aromatic carbocycles. The van der Waals surface area contributed by atoms with Crippen molar-refractivity contribution in [1.82, 2.24) is 0 Å². The molecule has 0 unspecified atom stereocenters. The fraction of sp³-hybridized carbons (Fsp3) is 0.333. The van der Waals surface area contributed by atoms with E-state index in [2.05, 4.69) is 32.0 Å². The molecule has 0 bridgehead atoms. The zero-order valence-corrected chi connectivity index (χ0v) is 20.3. The van der Waals surface area contributed by atoms with Gasteiger partial charge in [0.2, 0.25) is 0 Å². The minimum absolute atomic E-state index is 0.0388. The number of benzene rings is 3. The molecule has 0 N–H and O–H groups in total. The summed E-state index contributed by atoms with van der Waals surface area (Å²) in [7, 11) is -3.82. The smallest absolute Gasteiger partial charge is 0.297 e. The lowest BCUT2D eigenvalue weighted by atomic mass is 9.83. The second-order valence-electron chi connectivity index (χ2n) is 8.93. The molecule has 0 heterocycles. The molecule has 0 aliphatic carbocycles. The van der Waals surface area contributed by atoms with E-state index in [1.165, 1.54) is 16.7 Å². The second kappa shape index (κ2) is 9.99. The average molecular weight is 453 g/mol. The van der Waals surface area contributed by atoms with Gasteiger partial charge in [-0.25, -0.2) is 0 Å². The molecule has 0 aromatic heterocycles. The zero-order chi connectivity index (χ0) is 23.4. The number of hydrogen-bond acceptors (Lipinski definition) is 4. The van der Waals surface area contributed by atoms with Crippen LogP contribution in [0.25, 0.3) is 0 Å². The van der Waals surface area contributed by atoms with Gasteiger partial charge in [-0.15, -0.1) is 0 Å². The number of aryl methyl sites for hydroxylation is 3. The third-order valence-electron chi connectivity index (χ3n) is 5.78. The lowest BCUT2D eigenvalue weighted by Gasteiger charge is -2.27. The average Bonchev–Trinajstić information content (AvgIpc) is 2.75. The van der Waals surface area contributed by atoms with E-state index in [0.717, 1.165) is 16.7 Å². The highest BCUT2D eigenvalue weighted by Gasteiger charge is 2.27. The Hall–Kier alpha value is -2.47. The first kappa shape index (κ1) is 24.2. The molecular formula is C27H32O4S. The summed E-state index contributed by atoms with van der Waals surface area (Å²) in [6, 6.07) is 20.9. The molecule has 0 fully saturated rings. The van der Waals surface area contributed by atoms with Crippen molar-refractivity contribution < 1.29 is 17.3 Å². The summed E-state index contributed by atoms with van der Waals surface area (Å²) in [5.74, 6) is 0. The van der Waals surface area contributed by atoms with Crippen LogP contribution in [-0.2, 0) is 37.7 Å². The first-order valence-corrected chi connectivity index (χ1v) is 12.2. The van der Waals surface area contributed by atoms with E-state index < -0.39 is 15.5 Å². The van der Waals surface area contributed by atoms with Gasteiger partial charge in [-0.05, 0) is 60.7 Å². The summed E-state index contributed by atoms with van der Waals surface area (Å²) in [5.41, 5.74) is 6.16. The predicted molar refractivity (Wildman–Crippen MR) is 128 cm³/mol. The van der Waals surface area contributed by atoms with Gasteiger partial charge in [-0.3, -0.25) is 4.18 Å². The van der Waals surface area contributed by atoms with Crippen LogP contribution in [0.3, 0.4) is 0 Å². The number of hydrogen-bond donors (Lipinski definition) is 0. The van der Waals surface area contributed by atoms with Gasteiger partial charge in [0.05, 0.1) is 24.7 Å². The Morgan fingerprint density at radius 3 is 2.06 bits per heavy atom. The van der Waals surface area contributed by atoms with Crippen LogP contribution in [0.4, 0.5) is 0 Å². The maximum atomic E-state index is 12.7. The van der Waals surface area contributed by atoms with Gasteiger partial charge >= 0.3 is 0 Å². The van der Waals surface area contributed by atoms with E-state index >= 15 is 0 Å². The SMILES string of the molecule is Cc1ccc(S(=O)(=O)OCC(C)(C)c2ccccc2COCc2c(C)cccc2C)cc1. The summed E-state index contributed by atoms with van der Waals surface area (Å²) in [4.78, 5) is 0.170. The molecule has 0 radical (unpaired) electrons. The van der Waals surface area contributed by atoms with Crippen LogP contribution in [0, 0.1) is 20.8 Å². The zero-order valence-electron chi connectivity index (χ0n) is 19.5. The minimum atomic E-state index is -3.82. The summed E-state index contributed by atoms with van der Waals surface area (Å²) in [6.07, 6.45) is 0. The molecule has 0 atom stereocenters. The van der Waals surface area contributed by atoms with Crippen molar-refractivity contribution in [3.05, 3.63) is 100 Å². The standard InChI is InChI=1S/C27H32O4S/c1-20-13-15-24(16-14-20)32(28,29)31-19-27(4,5)26-12-7-6-11-23(26)17-30-18-25-21(2)9-8-10-22(25)3/h6-16H,17-19H2,1-5H3. The van der Waals surface area contributed by atoms with Crippen molar-refractivity contribution in [2.24, 2.45) is 0 Å². The molecule has 0 saturated carbocycles. The van der Waals surface area contributed by atoms with Gasteiger partial charge in [-0.2, -0.15) is 8.42 Å². The van der Waals surface area contributed by atoms with E-state index in [4.69, 9.17) is 8.92 Å². The van der Waals surface area contributed by atoms with Gasteiger partial charge in [0.15, 0.2) is 0 Å². The Kier molecular flexibility index (Phi) is 7.55. The molecular weight excluding hydrogens is 420 g/mol. The van der Waals surface area contributed by atoms with Crippen LogP contribution < -0.4 is 0 Å². The Balaban J connectivity index is 1.71. The maximum absolute atomic E-state index is 12.7. The Labute approximate surface area is 192 Å². The topological polar surface area (TPSA) is 52.6 Å². The normalized spacial score (nSPS) is 12.2. The summed E-state index contributed by atoms with van der Waals surface area (Å²) >= 11 is 0. The van der Waals surface area contributed by atoms with Crippen LogP contribution in [-0.4, -0.2) is 15.0 Å². The second-order valence-corrected chi connectivity index (χ2v) is 10.5. The maximum Gasteiger partial charge on any atom is 0.297 e. The highest BCUT2D eigenvalue weighted by atomic mass is 32.2. The van der Waals surface area contributed by atoms with E-state index in [9.17, 15) is 8.42 Å².